The number of nitrogens with zero attached hydrogens (tertiary/aromatic N) is 3. The number of anilines is 2. The predicted octanol–water partition coefficient (Wildman–Crippen LogP) is 3.16. The Hall–Kier alpha value is -1.32. The Kier molecular flexibility index (Phi) is 3.81. The molecule has 0 spiro atoms. The fourth-order valence-corrected chi connectivity index (χ4v) is 2.78. The van der Waals surface area contributed by atoms with Crippen LogP contribution in [0.25, 0.3) is 0 Å². The van der Waals surface area contributed by atoms with Gasteiger partial charge < -0.3 is 10.2 Å². The zero-order valence-corrected chi connectivity index (χ0v) is 12.9. The van der Waals surface area contributed by atoms with E-state index in [2.05, 4.69) is 29.0 Å². The fraction of sp³-hybridized carbons (Fsp3) is 0.750. The molecule has 110 valence electrons. The van der Waals surface area contributed by atoms with Crippen molar-refractivity contribution in [1.82, 2.24) is 9.97 Å². The van der Waals surface area contributed by atoms with Crippen molar-refractivity contribution in [3.63, 3.8) is 0 Å². The van der Waals surface area contributed by atoms with E-state index < -0.39 is 0 Å². The molecular formula is C16H26N4. The summed E-state index contributed by atoms with van der Waals surface area (Å²) in [6.45, 7) is 5.53. The van der Waals surface area contributed by atoms with Crippen molar-refractivity contribution in [2.45, 2.75) is 58.4 Å². The number of aryl methyl sites for hydroxylation is 1. The Bertz CT molecular complexity index is 478. The van der Waals surface area contributed by atoms with Gasteiger partial charge >= 0.3 is 0 Å². The topological polar surface area (TPSA) is 41.1 Å². The second-order valence-electron chi connectivity index (χ2n) is 6.26. The molecule has 0 unspecified atom stereocenters. The minimum Gasteiger partial charge on any atom is -0.373 e. The van der Waals surface area contributed by atoms with E-state index in [1.54, 1.807) is 0 Å². The van der Waals surface area contributed by atoms with Crippen molar-refractivity contribution >= 4 is 11.6 Å². The van der Waals surface area contributed by atoms with Crippen LogP contribution in [0, 0.1) is 12.8 Å². The van der Waals surface area contributed by atoms with Crippen molar-refractivity contribution < 1.29 is 0 Å². The third kappa shape index (κ3) is 2.89. The van der Waals surface area contributed by atoms with Gasteiger partial charge in [0.2, 0.25) is 0 Å². The van der Waals surface area contributed by atoms with Gasteiger partial charge in [0, 0.05) is 31.6 Å². The van der Waals surface area contributed by atoms with E-state index in [1.807, 2.05) is 7.05 Å². The highest BCUT2D eigenvalue weighted by molar-refractivity contribution is 5.59. The van der Waals surface area contributed by atoms with E-state index in [9.17, 15) is 0 Å². The summed E-state index contributed by atoms with van der Waals surface area (Å²) in [7, 11) is 1.96. The molecule has 4 nitrogen and oxygen atoms in total. The van der Waals surface area contributed by atoms with E-state index >= 15 is 0 Å². The summed E-state index contributed by atoms with van der Waals surface area (Å²) >= 11 is 0. The molecule has 3 rings (SSSR count). The molecule has 1 aromatic rings. The maximum atomic E-state index is 4.89. The highest BCUT2D eigenvalue weighted by Crippen LogP contribution is 2.39. The molecule has 2 saturated carbocycles. The van der Waals surface area contributed by atoms with E-state index in [0.29, 0.717) is 0 Å². The Balaban J connectivity index is 1.93. The first-order valence-electron chi connectivity index (χ1n) is 8.04. The van der Waals surface area contributed by atoms with Crippen LogP contribution in [0.3, 0.4) is 0 Å². The molecule has 0 atom stereocenters. The van der Waals surface area contributed by atoms with E-state index in [4.69, 9.17) is 4.98 Å². The lowest BCUT2D eigenvalue weighted by Gasteiger charge is -2.26. The van der Waals surface area contributed by atoms with Crippen molar-refractivity contribution in [3.8, 4) is 0 Å². The van der Waals surface area contributed by atoms with Gasteiger partial charge in [-0.1, -0.05) is 6.92 Å². The van der Waals surface area contributed by atoms with Gasteiger partial charge in [-0.05, 0) is 44.9 Å². The summed E-state index contributed by atoms with van der Waals surface area (Å²) in [5, 5.41) is 3.24. The second-order valence-corrected chi connectivity index (χ2v) is 6.26. The van der Waals surface area contributed by atoms with Crippen molar-refractivity contribution in [2.75, 3.05) is 23.8 Å². The molecule has 0 amide bonds. The van der Waals surface area contributed by atoms with Gasteiger partial charge in [-0.25, -0.2) is 9.97 Å². The van der Waals surface area contributed by atoms with Crippen LogP contribution >= 0.6 is 0 Å². The number of hydrogen-bond acceptors (Lipinski definition) is 4. The van der Waals surface area contributed by atoms with Crippen molar-refractivity contribution in [2.24, 2.45) is 5.92 Å². The fourth-order valence-electron chi connectivity index (χ4n) is 2.78. The van der Waals surface area contributed by atoms with Crippen LogP contribution in [0.4, 0.5) is 11.6 Å². The maximum Gasteiger partial charge on any atom is 0.137 e. The third-order valence-electron chi connectivity index (χ3n) is 4.29. The number of aromatic nitrogens is 2. The molecule has 1 heterocycles. The monoisotopic (exact) mass is 274 g/mol. The normalized spacial score (nSPS) is 18.1. The van der Waals surface area contributed by atoms with Gasteiger partial charge in [-0.15, -0.1) is 0 Å². The molecule has 0 aromatic carbocycles. The Morgan fingerprint density at radius 1 is 1.20 bits per heavy atom. The summed E-state index contributed by atoms with van der Waals surface area (Å²) in [6.07, 6.45) is 7.51. The lowest BCUT2D eigenvalue weighted by Crippen LogP contribution is -2.30. The van der Waals surface area contributed by atoms with Crippen LogP contribution in [0.5, 0.6) is 0 Å². The van der Waals surface area contributed by atoms with Gasteiger partial charge in [0.15, 0.2) is 0 Å². The zero-order chi connectivity index (χ0) is 14.1. The van der Waals surface area contributed by atoms with Crippen LogP contribution in [0.15, 0.2) is 0 Å². The minimum atomic E-state index is 0.725. The average Bonchev–Trinajstić information content (AvgIpc) is 3.31. The lowest BCUT2D eigenvalue weighted by atomic mass is 10.2. The molecule has 2 aliphatic rings. The standard InChI is InChI=1S/C16H26N4/c1-4-5-14-18-15(17-3)11(2)16(19-14)20(13-8-9-13)10-12-6-7-12/h12-13H,4-10H2,1-3H3,(H,17,18,19). The smallest absolute Gasteiger partial charge is 0.137 e. The summed E-state index contributed by atoms with van der Waals surface area (Å²) in [6, 6.07) is 0.725. The van der Waals surface area contributed by atoms with Gasteiger partial charge in [0.25, 0.3) is 0 Å². The van der Waals surface area contributed by atoms with Crippen molar-refractivity contribution in [1.29, 1.82) is 0 Å². The summed E-state index contributed by atoms with van der Waals surface area (Å²) in [4.78, 5) is 12.1. The number of nitrogens with one attached hydrogen (secondary N) is 1. The SMILES string of the molecule is CCCc1nc(NC)c(C)c(N(CC2CC2)C2CC2)n1. The van der Waals surface area contributed by atoms with Gasteiger partial charge in [0.1, 0.15) is 17.5 Å². The van der Waals surface area contributed by atoms with E-state index in [1.165, 1.54) is 43.6 Å². The molecule has 1 N–H and O–H groups in total. The number of rotatable bonds is 7. The summed E-state index contributed by atoms with van der Waals surface area (Å²) in [5.41, 5.74) is 1.21. The van der Waals surface area contributed by atoms with Gasteiger partial charge in [0.05, 0.1) is 0 Å². The Morgan fingerprint density at radius 2 is 1.95 bits per heavy atom. The molecule has 0 bridgehead atoms. The van der Waals surface area contributed by atoms with Gasteiger partial charge in [-0.2, -0.15) is 0 Å². The largest absolute Gasteiger partial charge is 0.373 e. The van der Waals surface area contributed by atoms with E-state index in [0.717, 1.165) is 36.4 Å². The summed E-state index contributed by atoms with van der Waals surface area (Å²) in [5.74, 6) is 4.07. The molecule has 2 aliphatic carbocycles. The van der Waals surface area contributed by atoms with Crippen LogP contribution < -0.4 is 10.2 Å². The first kappa shape index (κ1) is 13.7. The molecular weight excluding hydrogens is 248 g/mol. The molecule has 2 fully saturated rings. The van der Waals surface area contributed by atoms with Crippen LogP contribution in [0.1, 0.15) is 50.4 Å². The molecule has 0 aliphatic heterocycles. The minimum absolute atomic E-state index is 0.725. The zero-order valence-electron chi connectivity index (χ0n) is 12.9. The van der Waals surface area contributed by atoms with Crippen molar-refractivity contribution in [3.05, 3.63) is 11.4 Å². The Morgan fingerprint density at radius 3 is 2.50 bits per heavy atom. The van der Waals surface area contributed by atoms with E-state index in [-0.39, 0.29) is 0 Å². The maximum absolute atomic E-state index is 4.89. The lowest BCUT2D eigenvalue weighted by molar-refractivity contribution is 0.698. The molecule has 0 saturated heterocycles. The first-order valence-corrected chi connectivity index (χ1v) is 8.04. The first-order chi connectivity index (χ1) is 9.72. The van der Waals surface area contributed by atoms with Crippen LogP contribution in [-0.4, -0.2) is 29.6 Å². The average molecular weight is 274 g/mol. The molecule has 1 aromatic heterocycles. The quantitative estimate of drug-likeness (QED) is 0.829. The predicted molar refractivity (Wildman–Crippen MR) is 83.4 cm³/mol. The second kappa shape index (κ2) is 5.58. The molecule has 20 heavy (non-hydrogen) atoms. The van der Waals surface area contributed by atoms with Crippen LogP contribution in [0.2, 0.25) is 0 Å². The highest BCUT2D eigenvalue weighted by Gasteiger charge is 2.35. The molecule has 4 heteroatoms. The Labute approximate surface area is 122 Å². The molecule has 0 radical (unpaired) electrons. The third-order valence-corrected chi connectivity index (χ3v) is 4.29. The summed E-state index contributed by atoms with van der Waals surface area (Å²) < 4.78 is 0. The van der Waals surface area contributed by atoms with Crippen LogP contribution in [-0.2, 0) is 6.42 Å². The van der Waals surface area contributed by atoms with Gasteiger partial charge in [-0.3, -0.25) is 0 Å². The number of hydrogen-bond donors (Lipinski definition) is 1. The highest BCUT2D eigenvalue weighted by atomic mass is 15.3.